The van der Waals surface area contributed by atoms with Gasteiger partial charge in [-0.3, -0.25) is 4.90 Å². The van der Waals surface area contributed by atoms with Gasteiger partial charge in [-0.1, -0.05) is 44.0 Å². The Bertz CT molecular complexity index is 494. The molecule has 102 valence electrons. The minimum absolute atomic E-state index is 0.398. The fourth-order valence-corrected chi connectivity index (χ4v) is 5.67. The lowest BCUT2D eigenvalue weighted by atomic mass is 9.53. The second-order valence-electron chi connectivity index (χ2n) is 6.83. The van der Waals surface area contributed by atoms with E-state index in [0.717, 1.165) is 0 Å². The molecule has 1 saturated heterocycles. The van der Waals surface area contributed by atoms with E-state index < -0.39 is 0 Å². The number of fused-ring (bicyclic) bond motifs is 1. The van der Waals surface area contributed by atoms with Crippen LogP contribution in [0.5, 0.6) is 0 Å². The molecule has 19 heavy (non-hydrogen) atoms. The number of nitrogens with zero attached hydrogens (tertiary/aromatic N) is 1. The SMILES string of the molecule is CCN1CCC23CCCCC12c1ccccc1CC3. The Kier molecular flexibility index (Phi) is 2.57. The Hall–Kier alpha value is -0.820. The van der Waals surface area contributed by atoms with Gasteiger partial charge in [-0.2, -0.15) is 0 Å². The zero-order chi connectivity index (χ0) is 12.9. The molecule has 0 aromatic heterocycles. The number of aryl methyl sites for hydroxylation is 1. The van der Waals surface area contributed by atoms with Gasteiger partial charge in [0.1, 0.15) is 0 Å². The quantitative estimate of drug-likeness (QED) is 0.730. The average Bonchev–Trinajstić information content (AvgIpc) is 2.83. The van der Waals surface area contributed by atoms with Crippen molar-refractivity contribution in [2.45, 2.75) is 57.4 Å². The summed E-state index contributed by atoms with van der Waals surface area (Å²) < 4.78 is 0. The Morgan fingerprint density at radius 1 is 1.05 bits per heavy atom. The van der Waals surface area contributed by atoms with Crippen molar-refractivity contribution < 1.29 is 0 Å². The molecular formula is C18H25N. The molecule has 1 heteroatoms. The van der Waals surface area contributed by atoms with Crippen LogP contribution in [0.25, 0.3) is 0 Å². The van der Waals surface area contributed by atoms with Crippen LogP contribution in [-0.4, -0.2) is 18.0 Å². The summed E-state index contributed by atoms with van der Waals surface area (Å²) in [6.07, 6.45) is 9.94. The molecule has 2 aliphatic carbocycles. The van der Waals surface area contributed by atoms with Crippen molar-refractivity contribution >= 4 is 0 Å². The molecule has 0 radical (unpaired) electrons. The highest BCUT2D eigenvalue weighted by molar-refractivity contribution is 5.41. The molecule has 3 aliphatic rings. The van der Waals surface area contributed by atoms with E-state index in [9.17, 15) is 0 Å². The maximum Gasteiger partial charge on any atom is 0.0520 e. The van der Waals surface area contributed by atoms with Gasteiger partial charge in [-0.25, -0.2) is 0 Å². The molecule has 1 heterocycles. The first-order valence-electron chi connectivity index (χ1n) is 8.16. The highest BCUT2D eigenvalue weighted by Crippen LogP contribution is 2.64. The molecule has 2 unspecified atom stereocenters. The second-order valence-corrected chi connectivity index (χ2v) is 6.83. The minimum atomic E-state index is 0.398. The summed E-state index contributed by atoms with van der Waals surface area (Å²) in [6.45, 7) is 4.90. The summed E-state index contributed by atoms with van der Waals surface area (Å²) in [5, 5.41) is 0. The Labute approximate surface area is 117 Å². The van der Waals surface area contributed by atoms with Crippen LogP contribution in [0, 0.1) is 5.41 Å². The number of benzene rings is 1. The zero-order valence-corrected chi connectivity index (χ0v) is 12.1. The summed E-state index contributed by atoms with van der Waals surface area (Å²) in [5.74, 6) is 0. The van der Waals surface area contributed by atoms with Gasteiger partial charge in [0, 0.05) is 0 Å². The van der Waals surface area contributed by atoms with E-state index in [1.807, 2.05) is 0 Å². The van der Waals surface area contributed by atoms with E-state index >= 15 is 0 Å². The maximum atomic E-state index is 2.82. The van der Waals surface area contributed by atoms with Crippen molar-refractivity contribution in [1.29, 1.82) is 0 Å². The molecule has 0 N–H and O–H groups in total. The molecule has 0 amide bonds. The van der Waals surface area contributed by atoms with Crippen LogP contribution in [0.2, 0.25) is 0 Å². The van der Waals surface area contributed by atoms with E-state index in [1.54, 1.807) is 11.1 Å². The van der Waals surface area contributed by atoms with Gasteiger partial charge in [0.25, 0.3) is 0 Å². The van der Waals surface area contributed by atoms with Crippen molar-refractivity contribution in [3.05, 3.63) is 35.4 Å². The van der Waals surface area contributed by atoms with Crippen molar-refractivity contribution in [2.24, 2.45) is 5.41 Å². The molecule has 1 nitrogen and oxygen atoms in total. The van der Waals surface area contributed by atoms with Gasteiger partial charge in [-0.05, 0) is 61.7 Å². The third kappa shape index (κ3) is 1.35. The largest absolute Gasteiger partial charge is 0.293 e. The predicted octanol–water partition coefficient (Wildman–Crippen LogP) is 4.11. The van der Waals surface area contributed by atoms with Gasteiger partial charge in [-0.15, -0.1) is 0 Å². The lowest BCUT2D eigenvalue weighted by Gasteiger charge is -2.56. The molecule has 2 atom stereocenters. The van der Waals surface area contributed by atoms with E-state index in [1.165, 1.54) is 58.0 Å². The number of hydrogen-bond donors (Lipinski definition) is 0. The average molecular weight is 255 g/mol. The van der Waals surface area contributed by atoms with Crippen LogP contribution < -0.4 is 0 Å². The summed E-state index contributed by atoms with van der Waals surface area (Å²) in [4.78, 5) is 2.82. The predicted molar refractivity (Wildman–Crippen MR) is 79.2 cm³/mol. The van der Waals surface area contributed by atoms with Gasteiger partial charge in [0.2, 0.25) is 0 Å². The standard InChI is InChI=1S/C18H25N/c1-2-19-14-13-17-10-5-6-11-18(17,19)16-8-4-3-7-15(16)9-12-17/h3-4,7-8H,2,5-6,9-14H2,1H3. The van der Waals surface area contributed by atoms with Crippen LogP contribution in [0.4, 0.5) is 0 Å². The first-order valence-corrected chi connectivity index (χ1v) is 8.16. The van der Waals surface area contributed by atoms with Crippen molar-refractivity contribution in [1.82, 2.24) is 4.90 Å². The normalized spacial score (nSPS) is 37.5. The van der Waals surface area contributed by atoms with Crippen LogP contribution in [0.1, 0.15) is 56.6 Å². The highest BCUT2D eigenvalue weighted by Gasteiger charge is 2.61. The van der Waals surface area contributed by atoms with Crippen LogP contribution in [-0.2, 0) is 12.0 Å². The van der Waals surface area contributed by atoms with E-state index in [4.69, 9.17) is 0 Å². The fourth-order valence-electron chi connectivity index (χ4n) is 5.67. The van der Waals surface area contributed by atoms with Gasteiger partial charge in [0.05, 0.1) is 5.54 Å². The molecule has 0 bridgehead atoms. The summed E-state index contributed by atoms with van der Waals surface area (Å²) in [7, 11) is 0. The van der Waals surface area contributed by atoms with Crippen LogP contribution in [0.3, 0.4) is 0 Å². The first-order chi connectivity index (χ1) is 9.32. The zero-order valence-electron chi connectivity index (χ0n) is 12.1. The fraction of sp³-hybridized carbons (Fsp3) is 0.667. The number of rotatable bonds is 1. The van der Waals surface area contributed by atoms with E-state index in [0.29, 0.717) is 11.0 Å². The Morgan fingerprint density at radius 2 is 1.89 bits per heavy atom. The molecule has 1 aromatic rings. The third-order valence-electron chi connectivity index (χ3n) is 6.44. The van der Waals surface area contributed by atoms with Crippen molar-refractivity contribution in [3.63, 3.8) is 0 Å². The Morgan fingerprint density at radius 3 is 2.79 bits per heavy atom. The highest BCUT2D eigenvalue weighted by atomic mass is 15.2. The van der Waals surface area contributed by atoms with Gasteiger partial charge < -0.3 is 0 Å². The second kappa shape index (κ2) is 4.09. The molecule has 1 aliphatic heterocycles. The van der Waals surface area contributed by atoms with E-state index in [2.05, 4.69) is 36.1 Å². The van der Waals surface area contributed by atoms with Crippen molar-refractivity contribution in [2.75, 3.05) is 13.1 Å². The molecule has 0 spiro atoms. The number of likely N-dealkylation sites (tertiary alicyclic amines) is 1. The van der Waals surface area contributed by atoms with Crippen LogP contribution in [0.15, 0.2) is 24.3 Å². The summed E-state index contributed by atoms with van der Waals surface area (Å²) >= 11 is 0. The van der Waals surface area contributed by atoms with Crippen LogP contribution >= 0.6 is 0 Å². The topological polar surface area (TPSA) is 3.24 Å². The number of hydrogen-bond acceptors (Lipinski definition) is 1. The molecule has 4 rings (SSSR count). The van der Waals surface area contributed by atoms with Gasteiger partial charge in [0.15, 0.2) is 0 Å². The third-order valence-corrected chi connectivity index (χ3v) is 6.44. The van der Waals surface area contributed by atoms with Gasteiger partial charge >= 0.3 is 0 Å². The monoisotopic (exact) mass is 255 g/mol. The molecule has 2 fully saturated rings. The Balaban J connectivity index is 1.95. The lowest BCUT2D eigenvalue weighted by Crippen LogP contribution is -2.55. The lowest BCUT2D eigenvalue weighted by molar-refractivity contribution is -0.0234. The molecule has 1 aromatic carbocycles. The summed E-state index contributed by atoms with van der Waals surface area (Å²) in [6, 6.07) is 9.33. The summed E-state index contributed by atoms with van der Waals surface area (Å²) in [5.41, 5.74) is 4.34. The smallest absolute Gasteiger partial charge is 0.0520 e. The van der Waals surface area contributed by atoms with E-state index in [-0.39, 0.29) is 0 Å². The van der Waals surface area contributed by atoms with Crippen molar-refractivity contribution in [3.8, 4) is 0 Å². The first kappa shape index (κ1) is 12.0. The maximum absolute atomic E-state index is 2.82. The molecular weight excluding hydrogens is 230 g/mol. The minimum Gasteiger partial charge on any atom is -0.293 e. The molecule has 1 saturated carbocycles.